The van der Waals surface area contributed by atoms with Crippen molar-refractivity contribution in [2.24, 2.45) is 4.40 Å². The highest BCUT2D eigenvalue weighted by atomic mass is 32.2. The van der Waals surface area contributed by atoms with Crippen molar-refractivity contribution in [3.63, 3.8) is 0 Å². The number of amides is 1. The topological polar surface area (TPSA) is 78.8 Å². The van der Waals surface area contributed by atoms with Crippen LogP contribution in [0.15, 0.2) is 63.9 Å². The molecule has 30 heavy (non-hydrogen) atoms. The normalized spacial score (nSPS) is 16.9. The number of hydrogen-bond acceptors (Lipinski definition) is 3. The molecule has 1 N–H and O–H groups in total. The lowest BCUT2D eigenvalue weighted by molar-refractivity contribution is -0.120. The quantitative estimate of drug-likeness (QED) is 0.776. The van der Waals surface area contributed by atoms with Gasteiger partial charge in [-0.05, 0) is 50.5 Å². The number of benzene rings is 2. The Labute approximate surface area is 179 Å². The lowest BCUT2D eigenvalue weighted by Gasteiger charge is -2.24. The molecule has 1 saturated heterocycles. The molecule has 1 amide bonds. The van der Waals surface area contributed by atoms with Gasteiger partial charge in [-0.2, -0.15) is 8.42 Å². The van der Waals surface area contributed by atoms with Crippen LogP contribution in [-0.4, -0.2) is 38.7 Å². The van der Waals surface area contributed by atoms with Gasteiger partial charge in [-0.3, -0.25) is 4.79 Å². The van der Waals surface area contributed by atoms with E-state index in [-0.39, 0.29) is 10.8 Å². The zero-order chi connectivity index (χ0) is 21.8. The van der Waals surface area contributed by atoms with Crippen molar-refractivity contribution in [2.45, 2.75) is 49.8 Å². The van der Waals surface area contributed by atoms with E-state index < -0.39 is 15.4 Å². The first-order valence-electron chi connectivity index (χ1n) is 10.2. The van der Waals surface area contributed by atoms with Crippen LogP contribution < -0.4 is 5.32 Å². The molecular formula is C23H29N3O3S. The number of sulfonamides is 1. The molecule has 0 atom stereocenters. The van der Waals surface area contributed by atoms with Crippen LogP contribution in [0.2, 0.25) is 0 Å². The number of carbonyl (C=O) groups is 1. The largest absolute Gasteiger partial charge is 0.362 e. The van der Waals surface area contributed by atoms with Crippen LogP contribution in [0.4, 0.5) is 5.69 Å². The number of carbonyl (C=O) groups excluding carboxylic acids is 1. The number of rotatable bonds is 5. The summed E-state index contributed by atoms with van der Waals surface area (Å²) in [6, 6.07) is 15.8. The first-order valence-corrected chi connectivity index (χ1v) is 11.7. The average molecular weight is 428 g/mol. The number of amidine groups is 1. The second kappa shape index (κ2) is 9.00. The van der Waals surface area contributed by atoms with E-state index in [1.54, 1.807) is 12.1 Å². The Kier molecular flexibility index (Phi) is 6.61. The van der Waals surface area contributed by atoms with Gasteiger partial charge in [0.15, 0.2) is 0 Å². The van der Waals surface area contributed by atoms with Crippen LogP contribution in [0.1, 0.15) is 45.1 Å². The Morgan fingerprint density at radius 2 is 1.77 bits per heavy atom. The van der Waals surface area contributed by atoms with E-state index in [1.165, 1.54) is 12.1 Å². The van der Waals surface area contributed by atoms with E-state index in [9.17, 15) is 13.2 Å². The van der Waals surface area contributed by atoms with E-state index in [0.717, 1.165) is 31.4 Å². The van der Waals surface area contributed by atoms with Crippen LogP contribution in [0.25, 0.3) is 0 Å². The van der Waals surface area contributed by atoms with Gasteiger partial charge in [0.1, 0.15) is 5.84 Å². The standard InChI is InChI=1S/C23H29N3O3S/c1-23(2,18-11-6-4-7-12-18)22(27)24-19-13-10-14-20(17-19)30(28,29)25-21-15-8-5-9-16-26(21)3/h4,6-7,10-14,17H,5,8-9,15-16H2,1-3H3,(H,24,27). The van der Waals surface area contributed by atoms with E-state index in [1.807, 2.05) is 56.1 Å². The van der Waals surface area contributed by atoms with Gasteiger partial charge in [-0.1, -0.05) is 42.8 Å². The third-order valence-corrected chi connectivity index (χ3v) is 6.81. The summed E-state index contributed by atoms with van der Waals surface area (Å²) in [7, 11) is -1.98. The maximum Gasteiger partial charge on any atom is 0.284 e. The first kappa shape index (κ1) is 22.0. The third kappa shape index (κ3) is 5.08. The second-order valence-electron chi connectivity index (χ2n) is 8.19. The summed E-state index contributed by atoms with van der Waals surface area (Å²) in [5.74, 6) is 0.380. The predicted octanol–water partition coefficient (Wildman–Crippen LogP) is 4.20. The molecule has 0 unspecified atom stereocenters. The Morgan fingerprint density at radius 3 is 2.50 bits per heavy atom. The van der Waals surface area contributed by atoms with E-state index >= 15 is 0 Å². The smallest absolute Gasteiger partial charge is 0.284 e. The van der Waals surface area contributed by atoms with Gasteiger partial charge in [-0.25, -0.2) is 0 Å². The lowest BCUT2D eigenvalue weighted by atomic mass is 9.83. The van der Waals surface area contributed by atoms with E-state index in [2.05, 4.69) is 9.71 Å². The summed E-state index contributed by atoms with van der Waals surface area (Å²) in [6.45, 7) is 4.48. The minimum atomic E-state index is -3.86. The van der Waals surface area contributed by atoms with Gasteiger partial charge in [0.05, 0.1) is 10.3 Å². The third-order valence-electron chi connectivity index (χ3n) is 5.51. The molecule has 1 fully saturated rings. The fourth-order valence-electron chi connectivity index (χ4n) is 3.44. The highest BCUT2D eigenvalue weighted by Gasteiger charge is 2.30. The SMILES string of the molecule is CN1CCCCCC1=NS(=O)(=O)c1cccc(NC(=O)C(C)(C)c2ccccc2)c1. The molecular weight excluding hydrogens is 398 g/mol. The molecule has 2 aromatic carbocycles. The highest BCUT2D eigenvalue weighted by molar-refractivity contribution is 7.90. The molecule has 0 spiro atoms. The Bertz CT molecular complexity index is 1030. The summed E-state index contributed by atoms with van der Waals surface area (Å²) < 4.78 is 29.9. The van der Waals surface area contributed by atoms with Crippen LogP contribution in [-0.2, 0) is 20.2 Å². The number of hydrogen-bond donors (Lipinski definition) is 1. The summed E-state index contributed by atoms with van der Waals surface area (Å²) >= 11 is 0. The Morgan fingerprint density at radius 1 is 1.03 bits per heavy atom. The van der Waals surface area contributed by atoms with Crippen molar-refractivity contribution < 1.29 is 13.2 Å². The fraction of sp³-hybridized carbons (Fsp3) is 0.391. The predicted molar refractivity (Wildman–Crippen MR) is 120 cm³/mol. The minimum absolute atomic E-state index is 0.0722. The van der Waals surface area contributed by atoms with Crippen molar-refractivity contribution >= 4 is 27.5 Å². The first-order chi connectivity index (χ1) is 14.2. The van der Waals surface area contributed by atoms with Gasteiger partial charge >= 0.3 is 0 Å². The number of likely N-dealkylation sites (tertiary alicyclic amines) is 1. The summed E-state index contributed by atoms with van der Waals surface area (Å²) in [5, 5.41) is 2.85. The van der Waals surface area contributed by atoms with Crippen molar-refractivity contribution in [2.75, 3.05) is 18.9 Å². The Hall–Kier alpha value is -2.67. The van der Waals surface area contributed by atoms with E-state index in [4.69, 9.17) is 0 Å². The maximum absolute atomic E-state index is 12.9. The number of nitrogens with zero attached hydrogens (tertiary/aromatic N) is 2. The molecule has 0 bridgehead atoms. The molecule has 0 aromatic heterocycles. The Balaban J connectivity index is 1.83. The van der Waals surface area contributed by atoms with Gasteiger partial charge < -0.3 is 10.2 Å². The monoisotopic (exact) mass is 427 g/mol. The molecule has 0 saturated carbocycles. The van der Waals surface area contributed by atoms with E-state index in [0.29, 0.717) is 17.9 Å². The molecule has 6 nitrogen and oxygen atoms in total. The second-order valence-corrected chi connectivity index (χ2v) is 9.79. The summed E-state index contributed by atoms with van der Waals surface area (Å²) in [4.78, 5) is 14.9. The van der Waals surface area contributed by atoms with Crippen LogP contribution in [0.5, 0.6) is 0 Å². The van der Waals surface area contributed by atoms with Crippen LogP contribution in [0, 0.1) is 0 Å². The molecule has 0 aliphatic carbocycles. The number of anilines is 1. The minimum Gasteiger partial charge on any atom is -0.362 e. The summed E-state index contributed by atoms with van der Waals surface area (Å²) in [6.07, 6.45) is 3.69. The highest BCUT2D eigenvalue weighted by Crippen LogP contribution is 2.26. The van der Waals surface area contributed by atoms with Crippen molar-refractivity contribution in [1.82, 2.24) is 4.90 Å². The molecule has 1 aliphatic heterocycles. The van der Waals surface area contributed by atoms with Gasteiger partial charge in [-0.15, -0.1) is 4.40 Å². The molecule has 7 heteroatoms. The number of nitrogens with one attached hydrogen (secondary N) is 1. The van der Waals surface area contributed by atoms with Crippen molar-refractivity contribution in [1.29, 1.82) is 0 Å². The maximum atomic E-state index is 12.9. The molecule has 160 valence electrons. The average Bonchev–Trinajstić information content (AvgIpc) is 2.92. The van der Waals surface area contributed by atoms with Gasteiger partial charge in [0.2, 0.25) is 5.91 Å². The van der Waals surface area contributed by atoms with Crippen LogP contribution >= 0.6 is 0 Å². The van der Waals surface area contributed by atoms with Gasteiger partial charge in [0.25, 0.3) is 10.0 Å². The molecule has 0 radical (unpaired) electrons. The molecule has 1 aliphatic rings. The van der Waals surface area contributed by atoms with Gasteiger partial charge in [0, 0.05) is 25.7 Å². The lowest BCUT2D eigenvalue weighted by Crippen LogP contribution is -2.34. The fourth-order valence-corrected chi connectivity index (χ4v) is 4.58. The van der Waals surface area contributed by atoms with Crippen molar-refractivity contribution in [3.8, 4) is 0 Å². The van der Waals surface area contributed by atoms with Crippen LogP contribution in [0.3, 0.4) is 0 Å². The summed E-state index contributed by atoms with van der Waals surface area (Å²) in [5.41, 5.74) is 0.549. The zero-order valence-electron chi connectivity index (χ0n) is 17.8. The molecule has 3 rings (SSSR count). The zero-order valence-corrected chi connectivity index (χ0v) is 18.6. The molecule has 1 heterocycles. The van der Waals surface area contributed by atoms with Crippen molar-refractivity contribution in [3.05, 3.63) is 60.2 Å². The molecule has 2 aromatic rings.